The van der Waals surface area contributed by atoms with Crippen LogP contribution in [-0.4, -0.2) is 28.8 Å². The van der Waals surface area contributed by atoms with Gasteiger partial charge >= 0.3 is 0 Å². The van der Waals surface area contributed by atoms with Crippen LogP contribution >= 0.6 is 23.1 Å². The summed E-state index contributed by atoms with van der Waals surface area (Å²) in [5, 5.41) is 2.26. The Hall–Kier alpha value is -3.36. The standard InChI is InChI=1S/C25H21N3O3S2/c1-30-20-12-11-16(13-21(20)31-2)14-28-24(29)17-7-3-4-8-18(17)27-25(28)32-15-23-26-19-9-5-6-10-22(19)33-23/h3-13H,14-15H2,1-2H3. The number of ether oxygens (including phenoxy) is 2. The van der Waals surface area contributed by atoms with E-state index in [4.69, 9.17) is 19.4 Å². The van der Waals surface area contributed by atoms with Crippen LogP contribution < -0.4 is 15.0 Å². The van der Waals surface area contributed by atoms with E-state index < -0.39 is 0 Å². The van der Waals surface area contributed by atoms with Crippen LogP contribution in [0.5, 0.6) is 11.5 Å². The number of aromatic nitrogens is 3. The molecule has 6 nitrogen and oxygen atoms in total. The van der Waals surface area contributed by atoms with Crippen LogP contribution in [0.15, 0.2) is 76.7 Å². The number of benzene rings is 3. The molecule has 0 aliphatic rings. The molecule has 0 bridgehead atoms. The quantitative estimate of drug-likeness (QED) is 0.233. The summed E-state index contributed by atoms with van der Waals surface area (Å²) in [6.45, 7) is 0.374. The van der Waals surface area contributed by atoms with E-state index in [0.717, 1.165) is 20.8 Å². The van der Waals surface area contributed by atoms with Gasteiger partial charge in [-0.2, -0.15) is 0 Å². The molecule has 0 aliphatic carbocycles. The van der Waals surface area contributed by atoms with Gasteiger partial charge in [-0.05, 0) is 42.0 Å². The number of fused-ring (bicyclic) bond motifs is 2. The molecule has 0 unspecified atom stereocenters. The second kappa shape index (κ2) is 9.25. The fourth-order valence-electron chi connectivity index (χ4n) is 3.67. The highest BCUT2D eigenvalue weighted by molar-refractivity contribution is 7.98. The molecule has 0 spiro atoms. The average molecular weight is 476 g/mol. The predicted molar refractivity (Wildman–Crippen MR) is 134 cm³/mol. The minimum absolute atomic E-state index is 0.0674. The molecule has 0 amide bonds. The van der Waals surface area contributed by atoms with Crippen LogP contribution in [0, 0.1) is 0 Å². The van der Waals surface area contributed by atoms with Gasteiger partial charge in [-0.3, -0.25) is 9.36 Å². The van der Waals surface area contributed by atoms with Crippen molar-refractivity contribution in [3.63, 3.8) is 0 Å². The first-order valence-electron chi connectivity index (χ1n) is 10.3. The van der Waals surface area contributed by atoms with Crippen molar-refractivity contribution in [2.24, 2.45) is 0 Å². The van der Waals surface area contributed by atoms with Crippen molar-refractivity contribution >= 4 is 44.2 Å². The zero-order chi connectivity index (χ0) is 22.8. The molecule has 0 fully saturated rings. The number of thiazole rings is 1. The van der Waals surface area contributed by atoms with E-state index in [1.54, 1.807) is 30.1 Å². The number of thioether (sulfide) groups is 1. The van der Waals surface area contributed by atoms with Crippen molar-refractivity contribution in [1.82, 2.24) is 14.5 Å². The smallest absolute Gasteiger partial charge is 0.262 e. The molecular formula is C25H21N3O3S2. The lowest BCUT2D eigenvalue weighted by atomic mass is 10.2. The molecule has 166 valence electrons. The van der Waals surface area contributed by atoms with Crippen molar-refractivity contribution in [2.75, 3.05) is 14.2 Å². The van der Waals surface area contributed by atoms with Crippen molar-refractivity contribution < 1.29 is 9.47 Å². The molecule has 0 radical (unpaired) electrons. The van der Waals surface area contributed by atoms with Crippen LogP contribution in [0.3, 0.4) is 0 Å². The number of rotatable bonds is 7. The molecule has 3 aromatic carbocycles. The van der Waals surface area contributed by atoms with Crippen LogP contribution in [-0.2, 0) is 12.3 Å². The van der Waals surface area contributed by atoms with Gasteiger partial charge in [0.2, 0.25) is 0 Å². The molecule has 0 saturated carbocycles. The largest absolute Gasteiger partial charge is 0.493 e. The fourth-order valence-corrected chi connectivity index (χ4v) is 5.63. The van der Waals surface area contributed by atoms with E-state index in [9.17, 15) is 4.79 Å². The molecule has 0 N–H and O–H groups in total. The topological polar surface area (TPSA) is 66.2 Å². The third-order valence-electron chi connectivity index (χ3n) is 5.28. The monoisotopic (exact) mass is 475 g/mol. The minimum atomic E-state index is -0.0674. The number of methoxy groups -OCH3 is 2. The first kappa shape index (κ1) is 21.5. The van der Waals surface area contributed by atoms with Crippen molar-refractivity contribution in [1.29, 1.82) is 0 Å². The molecule has 5 aromatic rings. The first-order chi connectivity index (χ1) is 16.2. The Morgan fingerprint density at radius 3 is 2.45 bits per heavy atom. The maximum absolute atomic E-state index is 13.4. The highest BCUT2D eigenvalue weighted by atomic mass is 32.2. The van der Waals surface area contributed by atoms with Crippen molar-refractivity contribution in [3.8, 4) is 11.5 Å². The summed E-state index contributed by atoms with van der Waals surface area (Å²) in [4.78, 5) is 23.0. The Bertz CT molecular complexity index is 1480. The van der Waals surface area contributed by atoms with Gasteiger partial charge in [-0.1, -0.05) is 42.1 Å². The van der Waals surface area contributed by atoms with Gasteiger partial charge in [-0.25, -0.2) is 9.97 Å². The summed E-state index contributed by atoms with van der Waals surface area (Å²) < 4.78 is 13.7. The van der Waals surface area contributed by atoms with Gasteiger partial charge in [0.25, 0.3) is 5.56 Å². The fraction of sp³-hybridized carbons (Fsp3) is 0.160. The van der Waals surface area contributed by atoms with Crippen LogP contribution in [0.1, 0.15) is 10.6 Å². The first-order valence-corrected chi connectivity index (χ1v) is 12.1. The number of para-hydroxylation sites is 2. The minimum Gasteiger partial charge on any atom is -0.493 e. The van der Waals surface area contributed by atoms with E-state index in [0.29, 0.717) is 39.9 Å². The lowest BCUT2D eigenvalue weighted by Gasteiger charge is -2.14. The van der Waals surface area contributed by atoms with Crippen molar-refractivity contribution in [3.05, 3.63) is 87.7 Å². The SMILES string of the molecule is COc1ccc(Cn2c(SCc3nc4ccccc4s3)nc3ccccc3c2=O)cc1OC. The van der Waals surface area contributed by atoms with Gasteiger partial charge in [0.15, 0.2) is 16.7 Å². The second-order valence-corrected chi connectivity index (χ2v) is 9.41. The molecule has 0 atom stereocenters. The molecule has 33 heavy (non-hydrogen) atoms. The Morgan fingerprint density at radius 1 is 0.909 bits per heavy atom. The molecule has 2 heterocycles. The van der Waals surface area contributed by atoms with E-state index in [-0.39, 0.29) is 5.56 Å². The zero-order valence-corrected chi connectivity index (χ0v) is 19.8. The lowest BCUT2D eigenvalue weighted by molar-refractivity contribution is 0.354. The average Bonchev–Trinajstić information content (AvgIpc) is 3.27. The van der Waals surface area contributed by atoms with Crippen molar-refractivity contribution in [2.45, 2.75) is 17.5 Å². The van der Waals surface area contributed by atoms with Gasteiger partial charge < -0.3 is 9.47 Å². The van der Waals surface area contributed by atoms with E-state index in [1.165, 1.54) is 11.8 Å². The summed E-state index contributed by atoms with van der Waals surface area (Å²) in [6.07, 6.45) is 0. The Labute approximate surface area is 198 Å². The van der Waals surface area contributed by atoms with Crippen LogP contribution in [0.4, 0.5) is 0 Å². The highest BCUT2D eigenvalue weighted by Gasteiger charge is 2.15. The third kappa shape index (κ3) is 4.31. The van der Waals surface area contributed by atoms with E-state index >= 15 is 0 Å². The molecule has 0 saturated heterocycles. The summed E-state index contributed by atoms with van der Waals surface area (Å²) in [5.74, 6) is 1.91. The van der Waals surface area contributed by atoms with Gasteiger partial charge in [-0.15, -0.1) is 11.3 Å². The Balaban J connectivity index is 1.53. The molecule has 5 rings (SSSR count). The number of hydrogen-bond acceptors (Lipinski definition) is 7. The Kier molecular flexibility index (Phi) is 6.02. The number of hydrogen-bond donors (Lipinski definition) is 0. The van der Waals surface area contributed by atoms with Crippen LogP contribution in [0.25, 0.3) is 21.1 Å². The van der Waals surface area contributed by atoms with Gasteiger partial charge in [0.1, 0.15) is 5.01 Å². The summed E-state index contributed by atoms with van der Waals surface area (Å²) >= 11 is 3.19. The molecule has 0 aliphatic heterocycles. The zero-order valence-electron chi connectivity index (χ0n) is 18.1. The number of nitrogens with zero attached hydrogens (tertiary/aromatic N) is 3. The van der Waals surface area contributed by atoms with Gasteiger partial charge in [0, 0.05) is 0 Å². The maximum Gasteiger partial charge on any atom is 0.262 e. The second-order valence-electron chi connectivity index (χ2n) is 7.36. The molecular weight excluding hydrogens is 454 g/mol. The van der Waals surface area contributed by atoms with E-state index in [1.807, 2.05) is 60.7 Å². The lowest BCUT2D eigenvalue weighted by Crippen LogP contribution is -2.24. The summed E-state index contributed by atoms with van der Waals surface area (Å²) in [6, 6.07) is 21.2. The highest BCUT2D eigenvalue weighted by Crippen LogP contribution is 2.30. The summed E-state index contributed by atoms with van der Waals surface area (Å²) in [5.41, 5.74) is 2.54. The molecule has 2 aromatic heterocycles. The van der Waals surface area contributed by atoms with Gasteiger partial charge in [0.05, 0.1) is 47.6 Å². The Morgan fingerprint density at radius 2 is 1.67 bits per heavy atom. The third-order valence-corrected chi connectivity index (χ3v) is 7.48. The maximum atomic E-state index is 13.4. The van der Waals surface area contributed by atoms with Crippen LogP contribution in [0.2, 0.25) is 0 Å². The predicted octanol–water partition coefficient (Wildman–Crippen LogP) is 5.36. The summed E-state index contributed by atoms with van der Waals surface area (Å²) in [7, 11) is 3.21. The normalized spacial score (nSPS) is 11.2. The molecule has 8 heteroatoms. The van der Waals surface area contributed by atoms with E-state index in [2.05, 4.69) is 6.07 Å².